The molecule has 0 aromatic heterocycles. The van der Waals surface area contributed by atoms with E-state index in [4.69, 9.17) is 4.74 Å². The van der Waals surface area contributed by atoms with Crippen LogP contribution in [0.4, 0.5) is 0 Å². The fraction of sp³-hybridized carbons (Fsp3) is 0.907. The molecule has 5 heteroatoms. The van der Waals surface area contributed by atoms with E-state index in [1.54, 1.807) is 0 Å². The molecule has 2 N–H and O–H groups in total. The van der Waals surface area contributed by atoms with Crippen molar-refractivity contribution in [3.05, 3.63) is 12.2 Å². The number of carbonyl (C=O) groups is 2. The second-order valence-electron chi connectivity index (χ2n) is 17.4. The third kappa shape index (κ3) is 10.1. The van der Waals surface area contributed by atoms with E-state index in [0.717, 1.165) is 44.9 Å². The molecule has 4 saturated carbocycles. The SMILES string of the molecule is CCCCCCCCC/C=C\CCCCCCCC(=O)OC1CCC2(C)C(CCC3C2CC(O)C2(C)C(C(C)CCC(=O)O)CCC32)C1. The zero-order valence-corrected chi connectivity index (χ0v) is 31.6. The average molecular weight is 671 g/mol. The van der Waals surface area contributed by atoms with Crippen LogP contribution in [-0.4, -0.2) is 34.4 Å². The quantitative estimate of drug-likeness (QED) is 0.0721. The number of allylic oxidation sites excluding steroid dienone is 2. The van der Waals surface area contributed by atoms with E-state index in [1.807, 2.05) is 0 Å². The number of aliphatic hydroxyl groups is 1. The Labute approximate surface area is 294 Å². The monoisotopic (exact) mass is 671 g/mol. The molecule has 0 bridgehead atoms. The minimum absolute atomic E-state index is 0.00320. The molecule has 48 heavy (non-hydrogen) atoms. The number of carboxylic acids is 1. The standard InChI is InChI=1S/C43H74O5/c1-5-6-7-8-9-10-11-12-13-14-15-16-17-18-19-20-21-41(47)48-34-28-29-42(3)33(30-34)23-24-35-37-26-25-36(32(2)22-27-40(45)46)43(37,4)39(44)31-38(35)42/h13-14,32-39,44H,5-12,15-31H2,1-4H3,(H,45,46)/b14-13-. The zero-order chi connectivity index (χ0) is 34.6. The number of hydrogen-bond acceptors (Lipinski definition) is 4. The summed E-state index contributed by atoms with van der Waals surface area (Å²) in [5.74, 6) is 2.32. The fourth-order valence-electron chi connectivity index (χ4n) is 11.6. The predicted molar refractivity (Wildman–Crippen MR) is 197 cm³/mol. The molecule has 4 rings (SSSR count). The maximum atomic E-state index is 12.8. The number of hydrogen-bond donors (Lipinski definition) is 2. The Hall–Kier alpha value is -1.36. The van der Waals surface area contributed by atoms with Gasteiger partial charge in [-0.05, 0) is 136 Å². The van der Waals surface area contributed by atoms with E-state index in [9.17, 15) is 19.8 Å². The molecule has 4 aliphatic rings. The molecular weight excluding hydrogens is 596 g/mol. The molecule has 0 amide bonds. The van der Waals surface area contributed by atoms with Gasteiger partial charge in [-0.15, -0.1) is 0 Å². The highest BCUT2D eigenvalue weighted by atomic mass is 16.5. The first kappa shape index (κ1) is 39.4. The van der Waals surface area contributed by atoms with Crippen LogP contribution in [0.25, 0.3) is 0 Å². The summed E-state index contributed by atoms with van der Waals surface area (Å²) in [5, 5.41) is 21.1. The summed E-state index contributed by atoms with van der Waals surface area (Å²) < 4.78 is 6.09. The fourth-order valence-corrected chi connectivity index (χ4v) is 11.6. The van der Waals surface area contributed by atoms with Crippen LogP contribution in [0.15, 0.2) is 12.2 Å². The van der Waals surface area contributed by atoms with Crippen LogP contribution in [0, 0.1) is 46.3 Å². The van der Waals surface area contributed by atoms with Crippen molar-refractivity contribution in [2.24, 2.45) is 46.3 Å². The maximum Gasteiger partial charge on any atom is 0.306 e. The summed E-state index contributed by atoms with van der Waals surface area (Å²) in [6.45, 7) is 9.34. The van der Waals surface area contributed by atoms with Gasteiger partial charge in [-0.3, -0.25) is 9.59 Å². The molecule has 5 nitrogen and oxygen atoms in total. The molecule has 0 radical (unpaired) electrons. The first-order valence-corrected chi connectivity index (χ1v) is 20.9. The summed E-state index contributed by atoms with van der Waals surface area (Å²) >= 11 is 0. The largest absolute Gasteiger partial charge is 0.481 e. The zero-order valence-electron chi connectivity index (χ0n) is 31.6. The average Bonchev–Trinajstić information content (AvgIpc) is 3.42. The van der Waals surface area contributed by atoms with Crippen molar-refractivity contribution in [3.8, 4) is 0 Å². The third-order valence-corrected chi connectivity index (χ3v) is 14.5. The van der Waals surface area contributed by atoms with Crippen LogP contribution < -0.4 is 0 Å². The lowest BCUT2D eigenvalue weighted by atomic mass is 9.43. The van der Waals surface area contributed by atoms with E-state index in [-0.39, 0.29) is 35.4 Å². The Morgan fingerprint density at radius 3 is 2.10 bits per heavy atom. The first-order valence-electron chi connectivity index (χ1n) is 20.9. The minimum Gasteiger partial charge on any atom is -0.481 e. The van der Waals surface area contributed by atoms with Gasteiger partial charge in [0.05, 0.1) is 6.10 Å². The highest BCUT2D eigenvalue weighted by molar-refractivity contribution is 5.69. The highest BCUT2D eigenvalue weighted by Crippen LogP contribution is 2.68. The van der Waals surface area contributed by atoms with Crippen LogP contribution in [-0.2, 0) is 14.3 Å². The van der Waals surface area contributed by atoms with Gasteiger partial charge in [0.1, 0.15) is 6.10 Å². The lowest BCUT2D eigenvalue weighted by Gasteiger charge is -2.62. The second-order valence-corrected chi connectivity index (χ2v) is 17.4. The Morgan fingerprint density at radius 2 is 1.44 bits per heavy atom. The van der Waals surface area contributed by atoms with Crippen molar-refractivity contribution >= 4 is 11.9 Å². The van der Waals surface area contributed by atoms with Crippen molar-refractivity contribution in [2.45, 2.75) is 200 Å². The Kier molecular flexibility index (Phi) is 15.9. The van der Waals surface area contributed by atoms with E-state index < -0.39 is 5.97 Å². The Balaban J connectivity index is 1.11. The van der Waals surface area contributed by atoms with Gasteiger partial charge in [-0.25, -0.2) is 0 Å². The highest BCUT2D eigenvalue weighted by Gasteiger charge is 2.63. The topological polar surface area (TPSA) is 83.8 Å². The molecule has 4 aliphatic carbocycles. The number of ether oxygens (including phenoxy) is 1. The predicted octanol–water partition coefficient (Wildman–Crippen LogP) is 11.5. The minimum atomic E-state index is -0.711. The number of aliphatic hydroxyl groups excluding tert-OH is 1. The molecule has 0 aliphatic heterocycles. The second kappa shape index (κ2) is 19.3. The van der Waals surface area contributed by atoms with Crippen LogP contribution in [0.3, 0.4) is 0 Å². The van der Waals surface area contributed by atoms with Crippen molar-refractivity contribution in [2.75, 3.05) is 0 Å². The van der Waals surface area contributed by atoms with Gasteiger partial charge < -0.3 is 14.9 Å². The van der Waals surface area contributed by atoms with Crippen LogP contribution in [0.2, 0.25) is 0 Å². The summed E-state index contributed by atoms with van der Waals surface area (Å²) in [5.41, 5.74) is 0.114. The van der Waals surface area contributed by atoms with Crippen LogP contribution in [0.1, 0.15) is 188 Å². The number of rotatable bonds is 21. The number of unbranched alkanes of at least 4 members (excludes halogenated alkanes) is 12. The summed E-state index contributed by atoms with van der Waals surface area (Å²) in [6, 6.07) is 0. The van der Waals surface area contributed by atoms with Gasteiger partial charge in [0, 0.05) is 12.8 Å². The molecule has 0 aromatic carbocycles. The number of esters is 1. The lowest BCUT2D eigenvalue weighted by molar-refractivity contribution is -0.181. The normalized spacial score (nSPS) is 35.1. The Bertz CT molecular complexity index is 1010. The molecule has 4 fully saturated rings. The van der Waals surface area contributed by atoms with Gasteiger partial charge in [0.2, 0.25) is 0 Å². The van der Waals surface area contributed by atoms with Gasteiger partial charge >= 0.3 is 11.9 Å². The van der Waals surface area contributed by atoms with E-state index in [0.29, 0.717) is 48.3 Å². The first-order chi connectivity index (χ1) is 23.1. The molecule has 0 heterocycles. The Morgan fingerprint density at radius 1 is 0.792 bits per heavy atom. The van der Waals surface area contributed by atoms with Gasteiger partial charge in [0.25, 0.3) is 0 Å². The van der Waals surface area contributed by atoms with E-state index in [2.05, 4.69) is 39.8 Å². The molecule has 0 aromatic rings. The van der Waals surface area contributed by atoms with Gasteiger partial charge in [-0.1, -0.05) is 97.6 Å². The summed E-state index contributed by atoms with van der Waals surface area (Å²) in [7, 11) is 0. The maximum absolute atomic E-state index is 12.8. The molecular formula is C43H74O5. The van der Waals surface area contributed by atoms with Crippen molar-refractivity contribution in [3.63, 3.8) is 0 Å². The molecule has 10 atom stereocenters. The van der Waals surface area contributed by atoms with Crippen LogP contribution >= 0.6 is 0 Å². The number of aliphatic carboxylic acids is 1. The summed E-state index contributed by atoms with van der Waals surface area (Å²) in [6.07, 6.45) is 32.5. The van der Waals surface area contributed by atoms with Crippen molar-refractivity contribution in [1.82, 2.24) is 0 Å². The number of carboxylic acid groups (broad SMARTS) is 1. The smallest absolute Gasteiger partial charge is 0.306 e. The number of fused-ring (bicyclic) bond motifs is 5. The van der Waals surface area contributed by atoms with Crippen molar-refractivity contribution in [1.29, 1.82) is 0 Å². The number of carbonyl (C=O) groups excluding carboxylic acids is 1. The molecule has 0 saturated heterocycles. The third-order valence-electron chi connectivity index (χ3n) is 14.5. The van der Waals surface area contributed by atoms with Gasteiger partial charge in [0.15, 0.2) is 0 Å². The summed E-state index contributed by atoms with van der Waals surface area (Å²) in [4.78, 5) is 24.1. The molecule has 0 spiro atoms. The molecule has 276 valence electrons. The van der Waals surface area contributed by atoms with Crippen molar-refractivity contribution < 1.29 is 24.5 Å². The van der Waals surface area contributed by atoms with E-state index >= 15 is 0 Å². The van der Waals surface area contributed by atoms with Gasteiger partial charge in [-0.2, -0.15) is 0 Å². The molecule has 10 unspecified atom stereocenters. The lowest BCUT2D eigenvalue weighted by Crippen LogP contribution is -2.59. The van der Waals surface area contributed by atoms with E-state index in [1.165, 1.54) is 96.3 Å². The van der Waals surface area contributed by atoms with Crippen LogP contribution in [0.5, 0.6) is 0 Å².